The maximum Gasteiger partial charge on any atom is 0.324 e. The average Bonchev–Trinajstić information content (AvgIpc) is 2.46. The Morgan fingerprint density at radius 1 is 1.14 bits per heavy atom. The van der Waals surface area contributed by atoms with E-state index in [-0.39, 0.29) is 6.54 Å². The number of nitrogens with zero attached hydrogens (tertiary/aromatic N) is 1. The van der Waals surface area contributed by atoms with Crippen molar-refractivity contribution >= 4 is 21.6 Å². The summed E-state index contributed by atoms with van der Waals surface area (Å²) in [5, 5.41) is 0. The van der Waals surface area contributed by atoms with Crippen LogP contribution in [0.15, 0.2) is 48.5 Å². The molecule has 5 nitrogen and oxygen atoms in total. The van der Waals surface area contributed by atoms with E-state index in [1.807, 2.05) is 25.1 Å². The summed E-state index contributed by atoms with van der Waals surface area (Å²) >= 11 is 0. The van der Waals surface area contributed by atoms with Gasteiger partial charge in [-0.05, 0) is 36.8 Å². The van der Waals surface area contributed by atoms with Gasteiger partial charge in [0.2, 0.25) is 0 Å². The molecule has 1 aliphatic heterocycles. The Balaban J connectivity index is 1.93. The topological polar surface area (TPSA) is 58.6 Å². The van der Waals surface area contributed by atoms with Crippen molar-refractivity contribution in [3.63, 3.8) is 0 Å². The second-order valence-electron chi connectivity index (χ2n) is 4.86. The average molecular weight is 304 g/mol. The first-order valence-corrected chi connectivity index (χ1v) is 8.09. The van der Waals surface area contributed by atoms with Gasteiger partial charge in [-0.15, -0.1) is 0 Å². The summed E-state index contributed by atoms with van der Waals surface area (Å²) in [7, 11) is -3.66. The lowest BCUT2D eigenvalue weighted by Crippen LogP contribution is -2.41. The fourth-order valence-electron chi connectivity index (χ4n) is 2.31. The molecule has 1 heterocycles. The third kappa shape index (κ3) is 2.80. The van der Waals surface area contributed by atoms with Crippen LogP contribution in [0.1, 0.15) is 5.56 Å². The highest BCUT2D eigenvalue weighted by molar-refractivity contribution is 7.94. The Morgan fingerprint density at radius 3 is 2.76 bits per heavy atom. The zero-order valence-electron chi connectivity index (χ0n) is 11.6. The summed E-state index contributed by atoms with van der Waals surface area (Å²) in [5.41, 5.74) is 2.11. The molecule has 0 atom stereocenters. The number of benzene rings is 2. The summed E-state index contributed by atoms with van der Waals surface area (Å²) in [6, 6.07) is 14.4. The summed E-state index contributed by atoms with van der Waals surface area (Å²) in [6.07, 6.45) is 0. The van der Waals surface area contributed by atoms with Gasteiger partial charge in [0.05, 0.1) is 17.9 Å². The summed E-state index contributed by atoms with van der Waals surface area (Å²) < 4.78 is 34.6. The van der Waals surface area contributed by atoms with E-state index in [1.165, 1.54) is 4.31 Å². The highest BCUT2D eigenvalue weighted by atomic mass is 32.2. The quantitative estimate of drug-likeness (QED) is 0.948. The third-order valence-electron chi connectivity index (χ3n) is 3.24. The zero-order valence-corrected chi connectivity index (χ0v) is 12.4. The van der Waals surface area contributed by atoms with Crippen molar-refractivity contribution in [1.29, 1.82) is 0 Å². The SMILES string of the molecule is Cc1cccc(NS(=O)(=O)N2CCOc3ccccc32)c1. The molecule has 0 amide bonds. The molecule has 0 aliphatic carbocycles. The van der Waals surface area contributed by atoms with Crippen LogP contribution >= 0.6 is 0 Å². The molecule has 21 heavy (non-hydrogen) atoms. The van der Waals surface area contributed by atoms with Crippen molar-refractivity contribution in [3.05, 3.63) is 54.1 Å². The van der Waals surface area contributed by atoms with Crippen molar-refractivity contribution < 1.29 is 13.2 Å². The van der Waals surface area contributed by atoms with Crippen LogP contribution in [0.3, 0.4) is 0 Å². The largest absolute Gasteiger partial charge is 0.489 e. The monoisotopic (exact) mass is 304 g/mol. The maximum absolute atomic E-state index is 12.6. The maximum atomic E-state index is 12.6. The number of fused-ring (bicyclic) bond motifs is 1. The Bertz CT molecular complexity index is 759. The van der Waals surface area contributed by atoms with Crippen molar-refractivity contribution in [2.45, 2.75) is 6.92 Å². The highest BCUT2D eigenvalue weighted by Gasteiger charge is 2.28. The normalized spacial score (nSPS) is 14.2. The van der Waals surface area contributed by atoms with Crippen LogP contribution in [0.25, 0.3) is 0 Å². The fraction of sp³-hybridized carbons (Fsp3) is 0.200. The highest BCUT2D eigenvalue weighted by Crippen LogP contribution is 2.33. The molecule has 0 saturated carbocycles. The van der Waals surface area contributed by atoms with Crippen molar-refractivity contribution in [1.82, 2.24) is 0 Å². The molecule has 0 fully saturated rings. The van der Waals surface area contributed by atoms with E-state index in [0.29, 0.717) is 23.7 Å². The molecule has 2 aromatic carbocycles. The number of hydrogen-bond donors (Lipinski definition) is 1. The number of nitrogens with one attached hydrogen (secondary N) is 1. The van der Waals surface area contributed by atoms with Gasteiger partial charge >= 0.3 is 10.2 Å². The molecule has 2 aromatic rings. The lowest BCUT2D eigenvalue weighted by Gasteiger charge is -2.30. The second kappa shape index (κ2) is 5.29. The van der Waals surface area contributed by atoms with Crippen LogP contribution in [0.2, 0.25) is 0 Å². The standard InChI is InChI=1S/C15H16N2O3S/c1-12-5-4-6-13(11-12)16-21(18,19)17-9-10-20-15-8-3-2-7-14(15)17/h2-8,11,16H,9-10H2,1H3. The molecule has 1 aliphatic rings. The first-order chi connectivity index (χ1) is 10.1. The minimum absolute atomic E-state index is 0.290. The number of rotatable bonds is 3. The van der Waals surface area contributed by atoms with E-state index in [0.717, 1.165) is 5.56 Å². The molecule has 0 spiro atoms. The first kappa shape index (κ1) is 13.8. The van der Waals surface area contributed by atoms with E-state index in [1.54, 1.807) is 30.3 Å². The molecular weight excluding hydrogens is 288 g/mol. The van der Waals surface area contributed by atoms with Crippen LogP contribution in [-0.2, 0) is 10.2 Å². The van der Waals surface area contributed by atoms with Crippen molar-refractivity contribution in [2.24, 2.45) is 0 Å². The number of aryl methyl sites for hydroxylation is 1. The van der Waals surface area contributed by atoms with Crippen LogP contribution < -0.4 is 13.8 Å². The Kier molecular flexibility index (Phi) is 3.47. The van der Waals surface area contributed by atoms with Gasteiger partial charge in [-0.1, -0.05) is 24.3 Å². The molecule has 0 aromatic heterocycles. The second-order valence-corrected chi connectivity index (χ2v) is 6.46. The minimum Gasteiger partial charge on any atom is -0.489 e. The third-order valence-corrected chi connectivity index (χ3v) is 4.69. The smallest absolute Gasteiger partial charge is 0.324 e. The number of anilines is 2. The first-order valence-electron chi connectivity index (χ1n) is 6.65. The Morgan fingerprint density at radius 2 is 1.95 bits per heavy atom. The number of hydrogen-bond acceptors (Lipinski definition) is 3. The lowest BCUT2D eigenvalue weighted by atomic mass is 10.2. The summed E-state index contributed by atoms with van der Waals surface area (Å²) in [4.78, 5) is 0. The zero-order chi connectivity index (χ0) is 14.9. The fourth-order valence-corrected chi connectivity index (χ4v) is 3.57. The molecule has 1 N–H and O–H groups in total. The Labute approximate surface area is 124 Å². The van der Waals surface area contributed by atoms with E-state index < -0.39 is 10.2 Å². The molecule has 0 saturated heterocycles. The van der Waals surface area contributed by atoms with Crippen LogP contribution in [0.5, 0.6) is 5.75 Å². The van der Waals surface area contributed by atoms with Gasteiger partial charge in [0.15, 0.2) is 0 Å². The molecule has 110 valence electrons. The summed E-state index contributed by atoms with van der Waals surface area (Å²) in [6.45, 7) is 2.55. The molecule has 0 bridgehead atoms. The van der Waals surface area contributed by atoms with E-state index in [9.17, 15) is 8.42 Å². The number of ether oxygens (including phenoxy) is 1. The van der Waals surface area contributed by atoms with Gasteiger partial charge in [-0.3, -0.25) is 4.72 Å². The van der Waals surface area contributed by atoms with Gasteiger partial charge in [0, 0.05) is 0 Å². The predicted molar refractivity (Wildman–Crippen MR) is 83.0 cm³/mol. The summed E-state index contributed by atoms with van der Waals surface area (Å²) in [5.74, 6) is 0.582. The van der Waals surface area contributed by atoms with Gasteiger partial charge in [0.25, 0.3) is 0 Å². The lowest BCUT2D eigenvalue weighted by molar-refractivity contribution is 0.316. The van der Waals surface area contributed by atoms with Gasteiger partial charge in [-0.25, -0.2) is 4.31 Å². The van der Waals surface area contributed by atoms with Crippen molar-refractivity contribution in [2.75, 3.05) is 22.2 Å². The predicted octanol–water partition coefficient (Wildman–Crippen LogP) is 2.55. The van der Waals surface area contributed by atoms with Gasteiger partial charge in [-0.2, -0.15) is 8.42 Å². The molecule has 0 unspecified atom stereocenters. The van der Waals surface area contributed by atoms with Crippen LogP contribution in [0, 0.1) is 6.92 Å². The molecular formula is C15H16N2O3S. The van der Waals surface area contributed by atoms with E-state index >= 15 is 0 Å². The van der Waals surface area contributed by atoms with Crippen LogP contribution in [0.4, 0.5) is 11.4 Å². The molecule has 3 rings (SSSR count). The van der Waals surface area contributed by atoms with Gasteiger partial charge in [0.1, 0.15) is 12.4 Å². The van der Waals surface area contributed by atoms with E-state index in [4.69, 9.17) is 4.74 Å². The molecule has 6 heteroatoms. The van der Waals surface area contributed by atoms with Crippen LogP contribution in [-0.4, -0.2) is 21.6 Å². The van der Waals surface area contributed by atoms with Crippen molar-refractivity contribution in [3.8, 4) is 5.75 Å². The van der Waals surface area contributed by atoms with E-state index in [2.05, 4.69) is 4.72 Å². The number of para-hydroxylation sites is 2. The molecule has 0 radical (unpaired) electrons. The Hall–Kier alpha value is -2.21. The van der Waals surface area contributed by atoms with Gasteiger partial charge < -0.3 is 4.74 Å². The minimum atomic E-state index is -3.66.